The lowest BCUT2D eigenvalue weighted by Gasteiger charge is -2.13. The molecule has 84 valence electrons. The van der Waals surface area contributed by atoms with E-state index in [2.05, 4.69) is 11.4 Å². The molecule has 0 spiro atoms. The lowest BCUT2D eigenvalue weighted by molar-refractivity contribution is -0.121. The fraction of sp³-hybridized carbons (Fsp3) is 0.385. The van der Waals surface area contributed by atoms with E-state index in [9.17, 15) is 4.79 Å². The average molecular weight is 216 g/mol. The molecule has 1 amide bonds. The number of carbonyl (C=O) groups is 1. The van der Waals surface area contributed by atoms with Crippen molar-refractivity contribution < 1.29 is 4.79 Å². The second-order valence-electron chi connectivity index (χ2n) is 3.77. The largest absolute Gasteiger partial charge is 0.350 e. The van der Waals surface area contributed by atoms with Crippen LogP contribution in [0, 0.1) is 11.3 Å². The Hall–Kier alpha value is -1.82. The molecule has 1 aromatic carbocycles. The molecule has 1 aromatic rings. The topological polar surface area (TPSA) is 52.9 Å². The third kappa shape index (κ3) is 3.39. The second-order valence-corrected chi connectivity index (χ2v) is 3.77. The fourth-order valence-corrected chi connectivity index (χ4v) is 1.47. The van der Waals surface area contributed by atoms with Crippen molar-refractivity contribution >= 4 is 5.91 Å². The first-order chi connectivity index (χ1) is 7.67. The van der Waals surface area contributed by atoms with E-state index in [0.29, 0.717) is 12.0 Å². The van der Waals surface area contributed by atoms with Crippen molar-refractivity contribution in [1.29, 1.82) is 5.26 Å². The summed E-state index contributed by atoms with van der Waals surface area (Å²) in [5, 5.41) is 11.6. The van der Waals surface area contributed by atoms with Crippen molar-refractivity contribution in [3.8, 4) is 6.07 Å². The van der Waals surface area contributed by atoms with Gasteiger partial charge >= 0.3 is 0 Å². The van der Waals surface area contributed by atoms with Crippen LogP contribution in [0.1, 0.15) is 43.9 Å². The Labute approximate surface area is 96.1 Å². The second kappa shape index (κ2) is 5.92. The predicted molar refractivity (Wildman–Crippen MR) is 62.6 cm³/mol. The normalized spacial score (nSPS) is 11.6. The average Bonchev–Trinajstić information content (AvgIpc) is 2.29. The van der Waals surface area contributed by atoms with Gasteiger partial charge in [-0.2, -0.15) is 5.26 Å². The number of nitriles is 1. The highest BCUT2D eigenvalue weighted by Gasteiger charge is 2.08. The summed E-state index contributed by atoms with van der Waals surface area (Å²) in [6.45, 7) is 3.92. The molecule has 0 saturated heterocycles. The van der Waals surface area contributed by atoms with E-state index in [1.807, 2.05) is 26.0 Å². The van der Waals surface area contributed by atoms with Crippen LogP contribution in [0.15, 0.2) is 24.3 Å². The summed E-state index contributed by atoms with van der Waals surface area (Å²) in [7, 11) is 0. The minimum atomic E-state index is -0.00760. The number of hydrogen-bond donors (Lipinski definition) is 1. The molecule has 0 fully saturated rings. The number of rotatable bonds is 4. The van der Waals surface area contributed by atoms with E-state index < -0.39 is 0 Å². The van der Waals surface area contributed by atoms with Crippen LogP contribution in [0.5, 0.6) is 0 Å². The summed E-state index contributed by atoms with van der Waals surface area (Å²) < 4.78 is 0. The van der Waals surface area contributed by atoms with E-state index in [0.717, 1.165) is 12.0 Å². The monoisotopic (exact) mass is 216 g/mol. The number of carbonyl (C=O) groups excluding carboxylic acids is 1. The highest BCUT2D eigenvalue weighted by Crippen LogP contribution is 2.13. The zero-order valence-electron chi connectivity index (χ0n) is 9.66. The van der Waals surface area contributed by atoms with Crippen LogP contribution in [-0.4, -0.2) is 5.91 Å². The van der Waals surface area contributed by atoms with E-state index in [1.165, 1.54) is 0 Å². The van der Waals surface area contributed by atoms with Crippen molar-refractivity contribution in [2.24, 2.45) is 0 Å². The van der Waals surface area contributed by atoms with Crippen LogP contribution in [0.3, 0.4) is 0 Å². The smallest absolute Gasteiger partial charge is 0.220 e. The van der Waals surface area contributed by atoms with Gasteiger partial charge in [0.25, 0.3) is 0 Å². The Morgan fingerprint density at radius 2 is 2.06 bits per heavy atom. The van der Waals surface area contributed by atoms with Crippen molar-refractivity contribution in [3.63, 3.8) is 0 Å². The molecule has 1 atom stereocenters. The first-order valence-corrected chi connectivity index (χ1v) is 5.46. The molecule has 1 unspecified atom stereocenters. The first-order valence-electron chi connectivity index (χ1n) is 5.46. The summed E-state index contributed by atoms with van der Waals surface area (Å²) in [5.41, 5.74) is 1.65. The SMILES string of the molecule is CCCC(=O)NC(C)c1ccc(C#N)cc1. The Morgan fingerprint density at radius 3 is 2.56 bits per heavy atom. The van der Waals surface area contributed by atoms with E-state index in [4.69, 9.17) is 5.26 Å². The molecule has 1 rings (SSSR count). The lowest BCUT2D eigenvalue weighted by atomic mass is 10.1. The Kier molecular flexibility index (Phi) is 4.53. The third-order valence-electron chi connectivity index (χ3n) is 2.39. The van der Waals surface area contributed by atoms with Gasteiger partial charge in [0.15, 0.2) is 0 Å². The fourth-order valence-electron chi connectivity index (χ4n) is 1.47. The molecular weight excluding hydrogens is 200 g/mol. The Balaban J connectivity index is 2.63. The van der Waals surface area contributed by atoms with Gasteiger partial charge in [-0.05, 0) is 31.0 Å². The number of nitrogens with zero attached hydrogens (tertiary/aromatic N) is 1. The summed E-state index contributed by atoms with van der Waals surface area (Å²) in [5.74, 6) is 0.0689. The van der Waals surface area contributed by atoms with Gasteiger partial charge < -0.3 is 5.32 Å². The molecule has 0 radical (unpaired) electrons. The molecular formula is C13H16N2O. The Bertz CT molecular complexity index is 389. The van der Waals surface area contributed by atoms with Crippen LogP contribution in [0.4, 0.5) is 0 Å². The van der Waals surface area contributed by atoms with Gasteiger partial charge in [-0.3, -0.25) is 4.79 Å². The first kappa shape index (κ1) is 12.3. The maximum Gasteiger partial charge on any atom is 0.220 e. The number of benzene rings is 1. The van der Waals surface area contributed by atoms with E-state index in [1.54, 1.807) is 12.1 Å². The molecule has 0 aliphatic heterocycles. The highest BCUT2D eigenvalue weighted by atomic mass is 16.1. The Morgan fingerprint density at radius 1 is 1.44 bits per heavy atom. The third-order valence-corrected chi connectivity index (χ3v) is 2.39. The van der Waals surface area contributed by atoms with Gasteiger partial charge in [0.05, 0.1) is 17.7 Å². The van der Waals surface area contributed by atoms with Gasteiger partial charge in [0, 0.05) is 6.42 Å². The highest BCUT2D eigenvalue weighted by molar-refractivity contribution is 5.76. The van der Waals surface area contributed by atoms with Crippen molar-refractivity contribution in [2.45, 2.75) is 32.7 Å². The number of amides is 1. The quantitative estimate of drug-likeness (QED) is 0.840. The van der Waals surface area contributed by atoms with E-state index in [-0.39, 0.29) is 11.9 Å². The van der Waals surface area contributed by atoms with Crippen LogP contribution in [0.2, 0.25) is 0 Å². The molecule has 1 N–H and O–H groups in total. The molecule has 0 bridgehead atoms. The predicted octanol–water partition coefficient (Wildman–Crippen LogP) is 2.54. The maximum atomic E-state index is 11.4. The summed E-state index contributed by atoms with van der Waals surface area (Å²) in [6, 6.07) is 9.32. The van der Waals surface area contributed by atoms with Crippen molar-refractivity contribution in [1.82, 2.24) is 5.32 Å². The summed E-state index contributed by atoms with van der Waals surface area (Å²) >= 11 is 0. The van der Waals surface area contributed by atoms with Crippen LogP contribution in [0.25, 0.3) is 0 Å². The zero-order valence-corrected chi connectivity index (χ0v) is 9.66. The molecule has 0 aromatic heterocycles. The molecule has 0 heterocycles. The minimum Gasteiger partial charge on any atom is -0.350 e. The van der Waals surface area contributed by atoms with Crippen LogP contribution in [-0.2, 0) is 4.79 Å². The van der Waals surface area contributed by atoms with Gasteiger partial charge in [0.1, 0.15) is 0 Å². The van der Waals surface area contributed by atoms with Gasteiger partial charge in [0.2, 0.25) is 5.91 Å². The van der Waals surface area contributed by atoms with Gasteiger partial charge in [-0.25, -0.2) is 0 Å². The van der Waals surface area contributed by atoms with Crippen molar-refractivity contribution in [2.75, 3.05) is 0 Å². The molecule has 0 aliphatic carbocycles. The standard InChI is InChI=1S/C13H16N2O/c1-3-4-13(16)15-10(2)12-7-5-11(9-14)6-8-12/h5-8,10H,3-4H2,1-2H3,(H,15,16). The minimum absolute atomic E-state index is 0.00760. The zero-order chi connectivity index (χ0) is 12.0. The molecule has 3 nitrogen and oxygen atoms in total. The molecule has 3 heteroatoms. The number of hydrogen-bond acceptors (Lipinski definition) is 2. The summed E-state index contributed by atoms with van der Waals surface area (Å²) in [4.78, 5) is 11.4. The van der Waals surface area contributed by atoms with E-state index >= 15 is 0 Å². The van der Waals surface area contributed by atoms with Crippen LogP contribution >= 0.6 is 0 Å². The van der Waals surface area contributed by atoms with Gasteiger partial charge in [-0.15, -0.1) is 0 Å². The van der Waals surface area contributed by atoms with Gasteiger partial charge in [-0.1, -0.05) is 19.1 Å². The maximum absolute atomic E-state index is 11.4. The van der Waals surface area contributed by atoms with Crippen LogP contribution < -0.4 is 5.32 Å². The number of nitrogens with one attached hydrogen (secondary N) is 1. The lowest BCUT2D eigenvalue weighted by Crippen LogP contribution is -2.26. The molecule has 0 aliphatic rings. The summed E-state index contributed by atoms with van der Waals surface area (Å²) in [6.07, 6.45) is 1.41. The van der Waals surface area contributed by atoms with Crippen molar-refractivity contribution in [3.05, 3.63) is 35.4 Å². The molecule has 16 heavy (non-hydrogen) atoms. The molecule has 0 saturated carbocycles.